The van der Waals surface area contributed by atoms with Crippen LogP contribution in [-0.4, -0.2) is 23.0 Å². The van der Waals surface area contributed by atoms with E-state index < -0.39 is 0 Å². The summed E-state index contributed by atoms with van der Waals surface area (Å²) in [6, 6.07) is 4.05. The van der Waals surface area contributed by atoms with Gasteiger partial charge in [0.2, 0.25) is 0 Å². The minimum atomic E-state index is 0.571. The van der Waals surface area contributed by atoms with E-state index >= 15 is 0 Å². The number of nitrogens with one attached hydrogen (secondary N) is 1. The molecule has 0 spiro atoms. The van der Waals surface area contributed by atoms with Crippen LogP contribution in [0.2, 0.25) is 0 Å². The van der Waals surface area contributed by atoms with Gasteiger partial charge in [-0.15, -0.1) is 0 Å². The van der Waals surface area contributed by atoms with Crippen LogP contribution in [0.15, 0.2) is 6.07 Å². The van der Waals surface area contributed by atoms with Crippen LogP contribution in [0.1, 0.15) is 23.7 Å². The number of nitriles is 1. The highest BCUT2D eigenvalue weighted by Crippen LogP contribution is 2.18. The number of nitrogens with zero attached hydrogens (tertiary/aromatic N) is 2. The molecule has 3 nitrogen and oxygen atoms in total. The highest BCUT2D eigenvalue weighted by Gasteiger charge is 2.16. The van der Waals surface area contributed by atoms with Crippen LogP contribution < -0.4 is 0 Å². The Labute approximate surface area is 94.3 Å². The van der Waals surface area contributed by atoms with E-state index in [1.54, 1.807) is 0 Å². The van der Waals surface area contributed by atoms with Crippen LogP contribution in [0.25, 0.3) is 0 Å². The molecule has 15 heavy (non-hydrogen) atoms. The molecule has 2 heterocycles. The second-order valence-corrected chi connectivity index (χ2v) is 4.15. The molecule has 0 atom stereocenters. The van der Waals surface area contributed by atoms with E-state index in [0.717, 1.165) is 26.1 Å². The van der Waals surface area contributed by atoms with Gasteiger partial charge in [0, 0.05) is 25.2 Å². The molecule has 2 rings (SSSR count). The SMILES string of the molecule is CCN1CCc2[nH]c(=S)c(C#N)cc2C1. The second-order valence-electron chi connectivity index (χ2n) is 3.75. The third kappa shape index (κ3) is 1.94. The van der Waals surface area contributed by atoms with E-state index in [2.05, 4.69) is 22.9 Å². The number of pyridine rings is 1. The standard InChI is InChI=1S/C11H13N3S/c1-2-14-4-3-10-9(7-14)5-8(6-12)11(15)13-10/h5H,2-4,7H2,1H3,(H,13,15). The number of aromatic nitrogens is 1. The first kappa shape index (κ1) is 10.3. The maximum absolute atomic E-state index is 8.89. The van der Waals surface area contributed by atoms with Crippen molar-refractivity contribution in [2.45, 2.75) is 19.9 Å². The van der Waals surface area contributed by atoms with Crippen LogP contribution in [0, 0.1) is 16.0 Å². The van der Waals surface area contributed by atoms with Crippen molar-refractivity contribution in [3.63, 3.8) is 0 Å². The minimum absolute atomic E-state index is 0.571. The maximum atomic E-state index is 8.89. The van der Waals surface area contributed by atoms with Crippen molar-refractivity contribution in [2.24, 2.45) is 0 Å². The Morgan fingerprint density at radius 2 is 2.47 bits per heavy atom. The van der Waals surface area contributed by atoms with E-state index in [-0.39, 0.29) is 0 Å². The Morgan fingerprint density at radius 3 is 3.13 bits per heavy atom. The summed E-state index contributed by atoms with van der Waals surface area (Å²) in [7, 11) is 0. The first-order valence-electron chi connectivity index (χ1n) is 5.12. The fourth-order valence-electron chi connectivity index (χ4n) is 1.92. The predicted molar refractivity (Wildman–Crippen MR) is 61.0 cm³/mol. The van der Waals surface area contributed by atoms with Crippen molar-refractivity contribution in [3.05, 3.63) is 27.5 Å². The molecule has 4 heteroatoms. The highest BCUT2D eigenvalue weighted by molar-refractivity contribution is 7.71. The fraction of sp³-hybridized carbons (Fsp3) is 0.455. The monoisotopic (exact) mass is 219 g/mol. The van der Waals surface area contributed by atoms with Crippen molar-refractivity contribution in [1.82, 2.24) is 9.88 Å². The third-order valence-corrected chi connectivity index (χ3v) is 3.18. The molecule has 0 amide bonds. The molecule has 0 aliphatic carbocycles. The van der Waals surface area contributed by atoms with Gasteiger partial charge in [0.25, 0.3) is 0 Å². The Kier molecular flexibility index (Phi) is 2.85. The zero-order valence-electron chi connectivity index (χ0n) is 8.71. The normalized spacial score (nSPS) is 15.7. The molecule has 1 aromatic heterocycles. The van der Waals surface area contributed by atoms with Crippen molar-refractivity contribution in [3.8, 4) is 6.07 Å². The molecular formula is C11H13N3S. The molecule has 1 aromatic rings. The number of aromatic amines is 1. The molecule has 0 unspecified atom stereocenters. The lowest BCUT2D eigenvalue weighted by molar-refractivity contribution is 0.265. The van der Waals surface area contributed by atoms with Crippen molar-refractivity contribution < 1.29 is 0 Å². The predicted octanol–water partition coefficient (Wildman–Crippen LogP) is 1.99. The van der Waals surface area contributed by atoms with Crippen LogP contribution >= 0.6 is 12.2 Å². The van der Waals surface area contributed by atoms with Gasteiger partial charge in [-0.3, -0.25) is 4.90 Å². The highest BCUT2D eigenvalue weighted by atomic mass is 32.1. The zero-order valence-corrected chi connectivity index (χ0v) is 9.52. The van der Waals surface area contributed by atoms with Gasteiger partial charge in [-0.25, -0.2) is 0 Å². The second kappa shape index (κ2) is 4.13. The van der Waals surface area contributed by atoms with Crippen molar-refractivity contribution >= 4 is 12.2 Å². The summed E-state index contributed by atoms with van der Waals surface area (Å²) >= 11 is 5.10. The molecule has 1 N–H and O–H groups in total. The summed E-state index contributed by atoms with van der Waals surface area (Å²) in [6.07, 6.45) is 0.999. The first-order valence-corrected chi connectivity index (χ1v) is 5.53. The van der Waals surface area contributed by atoms with Gasteiger partial charge in [0.05, 0.1) is 5.56 Å². The van der Waals surface area contributed by atoms with Crippen molar-refractivity contribution in [2.75, 3.05) is 13.1 Å². The molecule has 0 fully saturated rings. The Balaban J connectivity index is 2.43. The number of fused-ring (bicyclic) bond motifs is 1. The van der Waals surface area contributed by atoms with E-state index in [0.29, 0.717) is 10.2 Å². The number of rotatable bonds is 1. The van der Waals surface area contributed by atoms with E-state index in [1.807, 2.05) is 6.07 Å². The van der Waals surface area contributed by atoms with E-state index in [9.17, 15) is 0 Å². The van der Waals surface area contributed by atoms with Crippen LogP contribution in [0.3, 0.4) is 0 Å². The minimum Gasteiger partial charge on any atom is -0.349 e. The van der Waals surface area contributed by atoms with Crippen LogP contribution in [0.5, 0.6) is 0 Å². The summed E-state index contributed by atoms with van der Waals surface area (Å²) in [5.41, 5.74) is 3.00. The van der Waals surface area contributed by atoms with Gasteiger partial charge in [-0.2, -0.15) is 5.26 Å². The number of H-pyrrole nitrogens is 1. The largest absolute Gasteiger partial charge is 0.349 e. The molecule has 78 valence electrons. The quantitative estimate of drug-likeness (QED) is 0.735. The molecule has 0 saturated carbocycles. The third-order valence-electron chi connectivity index (χ3n) is 2.85. The topological polar surface area (TPSA) is 42.8 Å². The van der Waals surface area contributed by atoms with Gasteiger partial charge >= 0.3 is 0 Å². The lowest BCUT2D eigenvalue weighted by Gasteiger charge is -2.27. The number of hydrogen-bond donors (Lipinski definition) is 1. The smallest absolute Gasteiger partial charge is 0.121 e. The Bertz CT molecular complexity index is 470. The van der Waals surface area contributed by atoms with Crippen LogP contribution in [0.4, 0.5) is 0 Å². The van der Waals surface area contributed by atoms with Gasteiger partial charge in [0.15, 0.2) is 0 Å². The molecule has 1 aliphatic heterocycles. The average molecular weight is 219 g/mol. The molecule has 0 bridgehead atoms. The zero-order chi connectivity index (χ0) is 10.8. The van der Waals surface area contributed by atoms with Gasteiger partial charge < -0.3 is 4.98 Å². The van der Waals surface area contributed by atoms with Crippen molar-refractivity contribution in [1.29, 1.82) is 5.26 Å². The summed E-state index contributed by atoms with van der Waals surface area (Å²) in [5.74, 6) is 0. The fourth-order valence-corrected chi connectivity index (χ4v) is 2.15. The number of likely N-dealkylation sites (N-methyl/N-ethyl adjacent to an activating group) is 1. The molecule has 0 radical (unpaired) electrons. The summed E-state index contributed by atoms with van der Waals surface area (Å²) in [4.78, 5) is 5.52. The van der Waals surface area contributed by atoms with Gasteiger partial charge in [-0.1, -0.05) is 19.1 Å². The Hall–Kier alpha value is -1.18. The molecule has 0 aromatic carbocycles. The Morgan fingerprint density at radius 1 is 1.67 bits per heavy atom. The number of hydrogen-bond acceptors (Lipinski definition) is 3. The molecule has 1 aliphatic rings. The summed E-state index contributed by atoms with van der Waals surface area (Å²) in [5, 5.41) is 8.89. The molecular weight excluding hydrogens is 206 g/mol. The average Bonchev–Trinajstić information content (AvgIpc) is 2.27. The van der Waals surface area contributed by atoms with Gasteiger partial charge in [0.1, 0.15) is 10.7 Å². The molecule has 0 saturated heterocycles. The first-order chi connectivity index (χ1) is 7.24. The van der Waals surface area contributed by atoms with Gasteiger partial charge in [-0.05, 0) is 18.2 Å². The maximum Gasteiger partial charge on any atom is 0.121 e. The van der Waals surface area contributed by atoms with E-state index in [4.69, 9.17) is 17.5 Å². The summed E-state index contributed by atoms with van der Waals surface area (Å²) < 4.78 is 0.571. The van der Waals surface area contributed by atoms with E-state index in [1.165, 1.54) is 11.3 Å². The summed E-state index contributed by atoms with van der Waals surface area (Å²) in [6.45, 7) is 5.20. The lowest BCUT2D eigenvalue weighted by atomic mass is 10.0. The van der Waals surface area contributed by atoms with Crippen LogP contribution in [-0.2, 0) is 13.0 Å². The lowest BCUT2D eigenvalue weighted by Crippen LogP contribution is -2.30.